The quantitative estimate of drug-likeness (QED) is 0.870. The SMILES string of the molecule is Cc1cc(O)cc(=O)n1CC(=O)N1CCN(C(=O)c2ccc(F)cc2)CC1. The number of rotatable bonds is 3. The number of nitrogens with zero attached hydrogens (tertiary/aromatic N) is 3. The summed E-state index contributed by atoms with van der Waals surface area (Å²) in [5.41, 5.74) is 0.465. The number of hydrogen-bond acceptors (Lipinski definition) is 4. The lowest BCUT2D eigenvalue weighted by Crippen LogP contribution is -2.51. The molecule has 7 nitrogen and oxygen atoms in total. The van der Waals surface area contributed by atoms with Crippen LogP contribution in [0.4, 0.5) is 4.39 Å². The Bertz CT molecular complexity index is 916. The van der Waals surface area contributed by atoms with Crippen molar-refractivity contribution in [2.75, 3.05) is 26.2 Å². The summed E-state index contributed by atoms with van der Waals surface area (Å²) in [6.07, 6.45) is 0. The first-order chi connectivity index (χ1) is 12.8. The molecule has 1 fully saturated rings. The molecule has 142 valence electrons. The second kappa shape index (κ2) is 7.61. The molecule has 2 heterocycles. The third kappa shape index (κ3) is 4.16. The number of piperazine rings is 1. The number of aryl methyl sites for hydroxylation is 1. The molecule has 0 atom stereocenters. The van der Waals surface area contributed by atoms with E-state index in [0.717, 1.165) is 6.07 Å². The summed E-state index contributed by atoms with van der Waals surface area (Å²) < 4.78 is 14.3. The molecule has 1 aromatic carbocycles. The fourth-order valence-electron chi connectivity index (χ4n) is 3.08. The van der Waals surface area contributed by atoms with Crippen LogP contribution in [0.3, 0.4) is 0 Å². The maximum atomic E-state index is 13.0. The smallest absolute Gasteiger partial charge is 0.254 e. The van der Waals surface area contributed by atoms with Crippen molar-refractivity contribution in [3.8, 4) is 5.75 Å². The molecule has 0 unspecified atom stereocenters. The molecule has 0 aliphatic carbocycles. The molecule has 1 N–H and O–H groups in total. The summed E-state index contributed by atoms with van der Waals surface area (Å²) in [5, 5.41) is 9.42. The van der Waals surface area contributed by atoms with Crippen molar-refractivity contribution >= 4 is 11.8 Å². The lowest BCUT2D eigenvalue weighted by Gasteiger charge is -2.35. The topological polar surface area (TPSA) is 82.8 Å². The molecule has 0 bridgehead atoms. The molecule has 1 aromatic heterocycles. The van der Waals surface area contributed by atoms with Gasteiger partial charge in [0.25, 0.3) is 11.5 Å². The van der Waals surface area contributed by atoms with Gasteiger partial charge in [-0.15, -0.1) is 0 Å². The summed E-state index contributed by atoms with van der Waals surface area (Å²) in [7, 11) is 0. The van der Waals surface area contributed by atoms with Crippen molar-refractivity contribution in [3.63, 3.8) is 0 Å². The highest BCUT2D eigenvalue weighted by molar-refractivity contribution is 5.94. The Labute approximate surface area is 155 Å². The first-order valence-electron chi connectivity index (χ1n) is 8.58. The number of halogens is 1. The van der Waals surface area contributed by atoms with Crippen LogP contribution in [0.25, 0.3) is 0 Å². The van der Waals surface area contributed by atoms with Crippen LogP contribution >= 0.6 is 0 Å². The predicted octanol–water partition coefficient (Wildman–Crippen LogP) is 0.986. The van der Waals surface area contributed by atoms with Crippen molar-refractivity contribution in [3.05, 3.63) is 63.8 Å². The lowest BCUT2D eigenvalue weighted by atomic mass is 10.1. The van der Waals surface area contributed by atoms with Gasteiger partial charge >= 0.3 is 0 Å². The van der Waals surface area contributed by atoms with Gasteiger partial charge in [-0.2, -0.15) is 0 Å². The van der Waals surface area contributed by atoms with E-state index < -0.39 is 11.4 Å². The number of hydrogen-bond donors (Lipinski definition) is 1. The van der Waals surface area contributed by atoms with E-state index in [0.29, 0.717) is 37.4 Å². The number of carbonyl (C=O) groups is 2. The summed E-state index contributed by atoms with van der Waals surface area (Å²) in [6.45, 7) is 2.98. The Morgan fingerprint density at radius 3 is 2.22 bits per heavy atom. The molecule has 1 aliphatic heterocycles. The molecular weight excluding hydrogens is 353 g/mol. The average Bonchev–Trinajstić information content (AvgIpc) is 2.64. The van der Waals surface area contributed by atoms with Crippen molar-refractivity contribution in [1.29, 1.82) is 0 Å². The van der Waals surface area contributed by atoms with Crippen molar-refractivity contribution in [1.82, 2.24) is 14.4 Å². The maximum Gasteiger partial charge on any atom is 0.254 e. The van der Waals surface area contributed by atoms with Gasteiger partial charge in [-0.1, -0.05) is 0 Å². The molecule has 3 rings (SSSR count). The molecule has 0 saturated carbocycles. The second-order valence-electron chi connectivity index (χ2n) is 6.46. The highest BCUT2D eigenvalue weighted by Gasteiger charge is 2.25. The van der Waals surface area contributed by atoms with Gasteiger partial charge in [-0.3, -0.25) is 14.4 Å². The first-order valence-corrected chi connectivity index (χ1v) is 8.58. The zero-order valence-corrected chi connectivity index (χ0v) is 14.9. The van der Waals surface area contributed by atoms with E-state index in [1.54, 1.807) is 16.7 Å². The average molecular weight is 373 g/mol. The highest BCUT2D eigenvalue weighted by Crippen LogP contribution is 2.11. The molecule has 27 heavy (non-hydrogen) atoms. The van der Waals surface area contributed by atoms with E-state index in [9.17, 15) is 23.9 Å². The minimum Gasteiger partial charge on any atom is -0.508 e. The summed E-state index contributed by atoms with van der Waals surface area (Å²) in [5.74, 6) is -0.955. The molecule has 2 amide bonds. The number of aromatic hydroxyl groups is 1. The summed E-state index contributed by atoms with van der Waals surface area (Å²) >= 11 is 0. The number of pyridine rings is 1. The van der Waals surface area contributed by atoms with Crippen molar-refractivity contribution in [2.45, 2.75) is 13.5 Å². The van der Waals surface area contributed by atoms with Crippen LogP contribution < -0.4 is 5.56 Å². The minimum absolute atomic E-state index is 0.114. The van der Waals surface area contributed by atoms with Gasteiger partial charge in [0, 0.05) is 43.5 Å². The largest absolute Gasteiger partial charge is 0.508 e. The fourth-order valence-corrected chi connectivity index (χ4v) is 3.08. The molecular formula is C19H20FN3O4. The maximum absolute atomic E-state index is 13.0. The van der Waals surface area contributed by atoms with Crippen molar-refractivity contribution in [2.24, 2.45) is 0 Å². The van der Waals surface area contributed by atoms with Gasteiger partial charge in [-0.25, -0.2) is 4.39 Å². The first kappa shape index (κ1) is 18.6. The predicted molar refractivity (Wildman–Crippen MR) is 96.0 cm³/mol. The summed E-state index contributed by atoms with van der Waals surface area (Å²) in [6, 6.07) is 7.85. The molecule has 0 radical (unpaired) electrons. The second-order valence-corrected chi connectivity index (χ2v) is 6.46. The van der Waals surface area contributed by atoms with Gasteiger partial charge < -0.3 is 19.5 Å². The third-order valence-corrected chi connectivity index (χ3v) is 4.62. The zero-order valence-electron chi connectivity index (χ0n) is 14.9. The van der Waals surface area contributed by atoms with Gasteiger partial charge in [-0.05, 0) is 37.3 Å². The Kier molecular flexibility index (Phi) is 5.25. The molecule has 1 saturated heterocycles. The number of amides is 2. The van der Waals surface area contributed by atoms with E-state index >= 15 is 0 Å². The van der Waals surface area contributed by atoms with E-state index in [-0.39, 0.29) is 24.1 Å². The minimum atomic E-state index is -0.439. The number of benzene rings is 1. The Hall–Kier alpha value is -3.16. The van der Waals surface area contributed by atoms with E-state index in [1.165, 1.54) is 34.9 Å². The van der Waals surface area contributed by atoms with E-state index in [4.69, 9.17) is 0 Å². The highest BCUT2D eigenvalue weighted by atomic mass is 19.1. The zero-order chi connectivity index (χ0) is 19.6. The van der Waals surface area contributed by atoms with Crippen LogP contribution in [-0.4, -0.2) is 57.5 Å². The fraction of sp³-hybridized carbons (Fsp3) is 0.316. The molecule has 0 spiro atoms. The molecule has 1 aliphatic rings. The van der Waals surface area contributed by atoms with Crippen LogP contribution in [0.5, 0.6) is 5.75 Å². The Morgan fingerprint density at radius 2 is 1.63 bits per heavy atom. The van der Waals surface area contributed by atoms with Crippen LogP contribution in [0, 0.1) is 12.7 Å². The Balaban J connectivity index is 1.60. The van der Waals surface area contributed by atoms with Crippen LogP contribution in [0.2, 0.25) is 0 Å². The lowest BCUT2D eigenvalue weighted by molar-refractivity contribution is -0.133. The summed E-state index contributed by atoms with van der Waals surface area (Å²) in [4.78, 5) is 40.1. The van der Waals surface area contributed by atoms with Gasteiger partial charge in [0.1, 0.15) is 18.1 Å². The standard InChI is InChI=1S/C19H20FN3O4/c1-13-10-16(24)11-17(25)23(13)12-18(26)21-6-8-22(9-7-21)19(27)14-2-4-15(20)5-3-14/h2-5,10-11,24H,6-9,12H2,1H3. The van der Waals surface area contributed by atoms with E-state index in [2.05, 4.69) is 0 Å². The molecule has 2 aromatic rings. The van der Waals surface area contributed by atoms with Gasteiger partial charge in [0.2, 0.25) is 5.91 Å². The van der Waals surface area contributed by atoms with Crippen LogP contribution in [0.15, 0.2) is 41.2 Å². The third-order valence-electron chi connectivity index (χ3n) is 4.62. The van der Waals surface area contributed by atoms with Crippen LogP contribution in [-0.2, 0) is 11.3 Å². The van der Waals surface area contributed by atoms with Gasteiger partial charge in [0.05, 0.1) is 0 Å². The van der Waals surface area contributed by atoms with Gasteiger partial charge in [0.15, 0.2) is 0 Å². The monoisotopic (exact) mass is 373 g/mol. The molecule has 8 heteroatoms. The number of carbonyl (C=O) groups excluding carboxylic acids is 2. The number of aromatic nitrogens is 1. The Morgan fingerprint density at radius 1 is 1.04 bits per heavy atom. The van der Waals surface area contributed by atoms with E-state index in [1.807, 2.05) is 0 Å². The van der Waals surface area contributed by atoms with Crippen LogP contribution in [0.1, 0.15) is 16.1 Å². The normalized spacial score (nSPS) is 14.3. The van der Waals surface area contributed by atoms with Crippen molar-refractivity contribution < 1.29 is 19.1 Å².